The number of hydrogen-bond acceptors (Lipinski definition) is 3. The number of amides is 1. The highest BCUT2D eigenvalue weighted by atomic mass is 16.5. The number of anilines is 1. The van der Waals surface area contributed by atoms with Gasteiger partial charge in [-0.3, -0.25) is 4.79 Å². The van der Waals surface area contributed by atoms with Crippen LogP contribution in [0.3, 0.4) is 0 Å². The third kappa shape index (κ3) is 3.04. The lowest BCUT2D eigenvalue weighted by Crippen LogP contribution is -2.36. The van der Waals surface area contributed by atoms with Gasteiger partial charge in [0, 0.05) is 24.4 Å². The summed E-state index contributed by atoms with van der Waals surface area (Å²) in [5, 5.41) is 6.95. The minimum Gasteiger partial charge on any atom is -0.378 e. The molecule has 6 rings (SSSR count). The van der Waals surface area contributed by atoms with Crippen molar-refractivity contribution in [1.82, 2.24) is 5.32 Å². The first kappa shape index (κ1) is 18.4. The summed E-state index contributed by atoms with van der Waals surface area (Å²) in [5.74, 6) is 2.78. The van der Waals surface area contributed by atoms with Crippen molar-refractivity contribution >= 4 is 11.6 Å². The number of hydrogen-bond donors (Lipinski definition) is 2. The van der Waals surface area contributed by atoms with Gasteiger partial charge in [0.2, 0.25) is 0 Å². The smallest absolute Gasteiger partial charge is 0.251 e. The number of nitrogens with one attached hydrogen (secondary N) is 2. The van der Waals surface area contributed by atoms with Crippen molar-refractivity contribution in [2.75, 3.05) is 18.5 Å². The Morgan fingerprint density at radius 1 is 1.07 bits per heavy atom. The van der Waals surface area contributed by atoms with Gasteiger partial charge >= 0.3 is 0 Å². The van der Waals surface area contributed by atoms with Crippen LogP contribution in [0, 0.1) is 17.8 Å². The third-order valence-corrected chi connectivity index (χ3v) is 8.02. The molecule has 4 nitrogen and oxygen atoms in total. The molecular weight excluding hydrogens is 372 g/mol. The first-order valence-electron chi connectivity index (χ1n) is 11.6. The van der Waals surface area contributed by atoms with Crippen LogP contribution in [-0.4, -0.2) is 25.2 Å². The van der Waals surface area contributed by atoms with Crippen molar-refractivity contribution in [2.24, 2.45) is 17.8 Å². The van der Waals surface area contributed by atoms with E-state index in [2.05, 4.69) is 53.1 Å². The molecule has 4 heteroatoms. The van der Waals surface area contributed by atoms with E-state index in [1.54, 1.807) is 0 Å². The minimum atomic E-state index is 0.0261. The standard InChI is InChI=1S/C26H30N2O2/c29-26(27-15-20-7-4-12-30-20)19-10-11-22-21(14-19)23-17-8-9-18(13-17)24(23)25(28-22)16-5-2-1-3-6-16/h1-3,5-6,10-11,14,17-18,20,23-25,28H,4,7-9,12-13,15H2,(H,27,29)/t17-,18+,20+,23-,24+,25-/m1/s1. The van der Waals surface area contributed by atoms with Gasteiger partial charge in [-0.1, -0.05) is 30.3 Å². The molecule has 30 heavy (non-hydrogen) atoms. The van der Waals surface area contributed by atoms with Crippen molar-refractivity contribution in [1.29, 1.82) is 0 Å². The van der Waals surface area contributed by atoms with Gasteiger partial charge in [0.05, 0.1) is 12.1 Å². The predicted octanol–water partition coefficient (Wildman–Crippen LogP) is 4.89. The minimum absolute atomic E-state index is 0.0261. The van der Waals surface area contributed by atoms with Crippen molar-refractivity contribution in [2.45, 2.75) is 50.2 Å². The molecule has 2 aromatic rings. The number of fused-ring (bicyclic) bond motifs is 7. The van der Waals surface area contributed by atoms with Crippen molar-refractivity contribution in [3.05, 3.63) is 65.2 Å². The number of rotatable bonds is 4. The fourth-order valence-corrected chi connectivity index (χ4v) is 6.73. The molecule has 2 aliphatic heterocycles. The molecule has 1 amide bonds. The van der Waals surface area contributed by atoms with Gasteiger partial charge in [0.1, 0.15) is 0 Å². The first-order chi connectivity index (χ1) is 14.8. The predicted molar refractivity (Wildman–Crippen MR) is 118 cm³/mol. The zero-order valence-electron chi connectivity index (χ0n) is 17.3. The highest BCUT2D eigenvalue weighted by molar-refractivity contribution is 5.95. The largest absolute Gasteiger partial charge is 0.378 e. The van der Waals surface area contributed by atoms with Crippen LogP contribution in [0.1, 0.15) is 65.5 Å². The van der Waals surface area contributed by atoms with Gasteiger partial charge in [-0.15, -0.1) is 0 Å². The Morgan fingerprint density at radius 3 is 2.77 bits per heavy atom. The van der Waals surface area contributed by atoms with E-state index < -0.39 is 0 Å². The van der Waals surface area contributed by atoms with Crippen LogP contribution in [0.4, 0.5) is 5.69 Å². The van der Waals surface area contributed by atoms with E-state index in [0.717, 1.165) is 36.8 Å². The van der Waals surface area contributed by atoms with Gasteiger partial charge in [-0.25, -0.2) is 0 Å². The Kier molecular flexibility index (Phi) is 4.56. The molecule has 156 valence electrons. The third-order valence-electron chi connectivity index (χ3n) is 8.02. The highest BCUT2D eigenvalue weighted by Gasteiger charge is 2.53. The van der Waals surface area contributed by atoms with Crippen LogP contribution in [0.5, 0.6) is 0 Å². The van der Waals surface area contributed by atoms with Crippen molar-refractivity contribution < 1.29 is 9.53 Å². The topological polar surface area (TPSA) is 50.4 Å². The number of carbonyl (C=O) groups excluding carboxylic acids is 1. The Balaban J connectivity index is 1.29. The lowest BCUT2D eigenvalue weighted by atomic mass is 9.68. The van der Waals surface area contributed by atoms with Crippen LogP contribution >= 0.6 is 0 Å². The second kappa shape index (κ2) is 7.42. The Hall–Kier alpha value is -2.33. The quantitative estimate of drug-likeness (QED) is 0.765. The van der Waals surface area contributed by atoms with Crippen LogP contribution < -0.4 is 10.6 Å². The fraction of sp³-hybridized carbons (Fsp3) is 0.500. The Morgan fingerprint density at radius 2 is 1.93 bits per heavy atom. The van der Waals surface area contributed by atoms with E-state index in [1.807, 2.05) is 6.07 Å². The molecule has 1 saturated heterocycles. The maximum absolute atomic E-state index is 12.8. The summed E-state index contributed by atoms with van der Waals surface area (Å²) in [4.78, 5) is 12.8. The summed E-state index contributed by atoms with van der Waals surface area (Å²) in [5.41, 5.74) is 4.76. The van der Waals surface area contributed by atoms with Crippen molar-refractivity contribution in [3.8, 4) is 0 Å². The molecule has 2 aromatic carbocycles. The van der Waals surface area contributed by atoms with Crippen LogP contribution in [0.15, 0.2) is 48.5 Å². The highest BCUT2D eigenvalue weighted by Crippen LogP contribution is 2.63. The van der Waals surface area contributed by atoms with Crippen LogP contribution in [-0.2, 0) is 4.74 Å². The molecule has 6 atom stereocenters. The number of benzene rings is 2. The SMILES string of the molecule is O=C(NC[C@@H]1CCCO1)c1ccc2c(c1)[C@H]1[C@@H]3CC[C@@H](C3)[C@@H]1[C@@H](c1ccccc1)N2. The van der Waals surface area contributed by atoms with E-state index in [1.165, 1.54) is 36.1 Å². The summed E-state index contributed by atoms with van der Waals surface area (Å²) in [6.07, 6.45) is 6.35. The monoisotopic (exact) mass is 402 g/mol. The maximum Gasteiger partial charge on any atom is 0.251 e. The average Bonchev–Trinajstić information content (AvgIpc) is 3.55. The van der Waals surface area contributed by atoms with Gasteiger partial charge in [0.15, 0.2) is 0 Å². The molecule has 2 bridgehead atoms. The van der Waals surface area contributed by atoms with Gasteiger partial charge < -0.3 is 15.4 Å². The molecule has 2 aliphatic carbocycles. The van der Waals surface area contributed by atoms with E-state index in [4.69, 9.17) is 4.74 Å². The average molecular weight is 403 g/mol. The molecule has 0 radical (unpaired) electrons. The molecule has 0 aromatic heterocycles. The van der Waals surface area contributed by atoms with E-state index >= 15 is 0 Å². The molecule has 2 heterocycles. The van der Waals surface area contributed by atoms with E-state index in [0.29, 0.717) is 24.4 Å². The molecule has 0 spiro atoms. The van der Waals surface area contributed by atoms with Crippen molar-refractivity contribution in [3.63, 3.8) is 0 Å². The maximum atomic E-state index is 12.8. The molecular formula is C26H30N2O2. The fourth-order valence-electron chi connectivity index (χ4n) is 6.73. The number of carbonyl (C=O) groups is 1. The summed E-state index contributed by atoms with van der Waals surface area (Å²) in [7, 11) is 0. The summed E-state index contributed by atoms with van der Waals surface area (Å²) in [6.45, 7) is 1.43. The first-order valence-corrected chi connectivity index (χ1v) is 11.6. The van der Waals surface area contributed by atoms with Crippen LogP contribution in [0.25, 0.3) is 0 Å². The summed E-state index contributed by atoms with van der Waals surface area (Å²) < 4.78 is 5.65. The summed E-state index contributed by atoms with van der Waals surface area (Å²) >= 11 is 0. The second-order valence-electron chi connectivity index (χ2n) is 9.62. The van der Waals surface area contributed by atoms with E-state index in [9.17, 15) is 4.79 Å². The van der Waals surface area contributed by atoms with Gasteiger partial charge in [-0.2, -0.15) is 0 Å². The normalized spacial score (nSPS) is 33.6. The molecule has 4 aliphatic rings. The van der Waals surface area contributed by atoms with Gasteiger partial charge in [0.25, 0.3) is 5.91 Å². The second-order valence-corrected chi connectivity index (χ2v) is 9.62. The zero-order chi connectivity index (χ0) is 20.1. The van der Waals surface area contributed by atoms with Gasteiger partial charge in [-0.05, 0) is 85.1 Å². The molecule has 0 unspecified atom stereocenters. The summed E-state index contributed by atoms with van der Waals surface area (Å²) in [6, 6.07) is 17.6. The van der Waals surface area contributed by atoms with E-state index in [-0.39, 0.29) is 12.0 Å². The van der Waals surface area contributed by atoms with Crippen LogP contribution in [0.2, 0.25) is 0 Å². The zero-order valence-corrected chi connectivity index (χ0v) is 17.3. The molecule has 2 N–H and O–H groups in total. The number of ether oxygens (including phenoxy) is 1. The Bertz CT molecular complexity index is 937. The molecule has 2 saturated carbocycles. The lowest BCUT2D eigenvalue weighted by Gasteiger charge is -2.43. The Labute approximate surface area is 178 Å². The lowest BCUT2D eigenvalue weighted by molar-refractivity contribution is 0.0857. The molecule has 3 fully saturated rings.